The molecule has 3 heteroatoms. The summed E-state index contributed by atoms with van der Waals surface area (Å²) in [6.45, 7) is 3.09. The van der Waals surface area contributed by atoms with Crippen LogP contribution in [0.15, 0.2) is 0 Å². The summed E-state index contributed by atoms with van der Waals surface area (Å²) in [6.07, 6.45) is 0.356. The van der Waals surface area contributed by atoms with Gasteiger partial charge in [-0.3, -0.25) is 4.79 Å². The van der Waals surface area contributed by atoms with Crippen LogP contribution in [0.3, 0.4) is 0 Å². The van der Waals surface area contributed by atoms with Crippen LogP contribution in [0.5, 0.6) is 0 Å². The van der Waals surface area contributed by atoms with Gasteiger partial charge in [0.15, 0.2) is 0 Å². The zero-order valence-electron chi connectivity index (χ0n) is 4.94. The van der Waals surface area contributed by atoms with Crippen molar-refractivity contribution >= 4 is 16.8 Å². The maximum atomic E-state index is 10.2. The Bertz CT molecular complexity index is 98.6. The topological polar surface area (TPSA) is 37.3 Å². The van der Waals surface area contributed by atoms with Crippen LogP contribution in [0.25, 0.3) is 0 Å². The minimum Gasteiger partial charge on any atom is -0.381 e. The number of hydrogen-bond donors (Lipinski definition) is 1. The first-order valence-electron chi connectivity index (χ1n) is 2.43. The number of aliphatic hydroxyl groups is 1. The number of hydrogen-bond acceptors (Lipinski definition) is 2. The summed E-state index contributed by atoms with van der Waals surface area (Å²) in [4.78, 5) is 10.2. The minimum atomic E-state index is -1.33. The van der Waals surface area contributed by atoms with Crippen LogP contribution in [0, 0.1) is 0 Å². The molecule has 2 nitrogen and oxygen atoms in total. The minimum absolute atomic E-state index is 0.356. The molecule has 0 heterocycles. The van der Waals surface area contributed by atoms with E-state index in [1.807, 2.05) is 0 Å². The van der Waals surface area contributed by atoms with E-state index in [1.165, 1.54) is 6.92 Å². The quantitative estimate of drug-likeness (QED) is 0.573. The van der Waals surface area contributed by atoms with Crippen LogP contribution in [0.1, 0.15) is 20.3 Å². The largest absolute Gasteiger partial charge is 0.381 e. The van der Waals surface area contributed by atoms with E-state index in [9.17, 15) is 4.79 Å². The van der Waals surface area contributed by atoms with Crippen molar-refractivity contribution in [1.29, 1.82) is 0 Å². The fourth-order valence-electron chi connectivity index (χ4n) is 0.139. The zero-order chi connectivity index (χ0) is 6.78. The van der Waals surface area contributed by atoms with Gasteiger partial charge in [0.05, 0.1) is 0 Å². The Labute approximate surface area is 53.5 Å². The van der Waals surface area contributed by atoms with Gasteiger partial charge in [0.25, 0.3) is 5.24 Å². The molecule has 0 aromatic rings. The van der Waals surface area contributed by atoms with Gasteiger partial charge in [-0.1, -0.05) is 6.92 Å². The summed E-state index contributed by atoms with van der Waals surface area (Å²) in [6, 6.07) is 0. The van der Waals surface area contributed by atoms with Crippen molar-refractivity contribution in [3.63, 3.8) is 0 Å². The molecule has 1 N–H and O–H groups in total. The van der Waals surface area contributed by atoms with Crippen LogP contribution < -0.4 is 0 Å². The molecule has 0 radical (unpaired) electrons. The molecule has 0 spiro atoms. The standard InChI is InChI=1S/C5H9ClO2/c1-3-5(2,8)4(6)7/h8H,3H2,1-2H3/t5-/m0/s1. The summed E-state index contributed by atoms with van der Waals surface area (Å²) < 4.78 is 0. The molecule has 0 aliphatic carbocycles. The maximum Gasteiger partial charge on any atom is 0.252 e. The molecule has 0 aliphatic rings. The second-order valence-corrected chi connectivity index (χ2v) is 2.24. The van der Waals surface area contributed by atoms with Crippen molar-refractivity contribution in [2.75, 3.05) is 0 Å². The van der Waals surface area contributed by atoms with E-state index in [4.69, 9.17) is 16.7 Å². The van der Waals surface area contributed by atoms with Gasteiger partial charge in [-0.25, -0.2) is 0 Å². The molecule has 0 aromatic heterocycles. The molecule has 0 aromatic carbocycles. The third-order valence-electron chi connectivity index (χ3n) is 1.11. The molecule has 48 valence electrons. The molecule has 0 saturated heterocycles. The Balaban J connectivity index is 3.91. The van der Waals surface area contributed by atoms with Gasteiger partial charge in [-0.15, -0.1) is 0 Å². The Hall–Kier alpha value is -0.0800. The van der Waals surface area contributed by atoms with Crippen LogP contribution in [-0.2, 0) is 4.79 Å². The summed E-state index contributed by atoms with van der Waals surface area (Å²) in [7, 11) is 0. The SMILES string of the molecule is CC[C@](C)(O)C(=O)Cl. The van der Waals surface area contributed by atoms with Crippen molar-refractivity contribution in [3.8, 4) is 0 Å². The van der Waals surface area contributed by atoms with E-state index in [2.05, 4.69) is 0 Å². The molecule has 0 rings (SSSR count). The van der Waals surface area contributed by atoms with Gasteiger partial charge >= 0.3 is 0 Å². The maximum absolute atomic E-state index is 10.2. The third kappa shape index (κ3) is 1.80. The summed E-state index contributed by atoms with van der Waals surface area (Å²) in [5, 5.41) is 8.22. The highest BCUT2D eigenvalue weighted by Gasteiger charge is 2.25. The van der Waals surface area contributed by atoms with Gasteiger partial charge in [0.1, 0.15) is 5.60 Å². The van der Waals surface area contributed by atoms with E-state index in [-0.39, 0.29) is 0 Å². The first kappa shape index (κ1) is 7.92. The molecule has 0 unspecified atom stereocenters. The predicted molar refractivity (Wildman–Crippen MR) is 31.8 cm³/mol. The van der Waals surface area contributed by atoms with E-state index in [0.29, 0.717) is 6.42 Å². The van der Waals surface area contributed by atoms with E-state index < -0.39 is 10.8 Å². The van der Waals surface area contributed by atoms with Crippen molar-refractivity contribution in [2.24, 2.45) is 0 Å². The molecule has 0 bridgehead atoms. The van der Waals surface area contributed by atoms with Crippen LogP contribution >= 0.6 is 11.6 Å². The lowest BCUT2D eigenvalue weighted by molar-refractivity contribution is -0.127. The third-order valence-corrected chi connectivity index (χ3v) is 1.52. The average Bonchev–Trinajstić information content (AvgIpc) is 1.67. The number of halogens is 1. The summed E-state index contributed by atoms with van der Waals surface area (Å²) in [5.41, 5.74) is -1.33. The van der Waals surface area contributed by atoms with E-state index in [0.717, 1.165) is 0 Å². The van der Waals surface area contributed by atoms with Gasteiger partial charge in [0, 0.05) is 0 Å². The molecule has 8 heavy (non-hydrogen) atoms. The van der Waals surface area contributed by atoms with Crippen LogP contribution in [0.4, 0.5) is 0 Å². The van der Waals surface area contributed by atoms with Crippen molar-refractivity contribution in [1.82, 2.24) is 0 Å². The lowest BCUT2D eigenvalue weighted by atomic mass is 10.1. The smallest absolute Gasteiger partial charge is 0.252 e. The Morgan fingerprint density at radius 3 is 2.25 bits per heavy atom. The Morgan fingerprint density at radius 1 is 1.88 bits per heavy atom. The molecule has 1 atom stereocenters. The second-order valence-electron chi connectivity index (χ2n) is 1.90. The van der Waals surface area contributed by atoms with Gasteiger partial charge in [-0.2, -0.15) is 0 Å². The second kappa shape index (κ2) is 2.46. The molecular formula is C5H9ClO2. The van der Waals surface area contributed by atoms with E-state index in [1.54, 1.807) is 6.92 Å². The molecule has 0 fully saturated rings. The molecule has 0 aliphatic heterocycles. The predicted octanol–water partition coefficient (Wildman–Crippen LogP) is 0.913. The summed E-state index contributed by atoms with van der Waals surface area (Å²) in [5.74, 6) is 0. The Kier molecular flexibility index (Phi) is 2.44. The average molecular weight is 137 g/mol. The normalized spacial score (nSPS) is 17.5. The van der Waals surface area contributed by atoms with Gasteiger partial charge < -0.3 is 5.11 Å². The molecule has 0 saturated carbocycles. The van der Waals surface area contributed by atoms with Crippen molar-refractivity contribution < 1.29 is 9.90 Å². The first-order chi connectivity index (χ1) is 3.50. The monoisotopic (exact) mass is 136 g/mol. The number of rotatable bonds is 2. The lowest BCUT2D eigenvalue weighted by Gasteiger charge is -2.13. The zero-order valence-corrected chi connectivity index (χ0v) is 5.70. The van der Waals surface area contributed by atoms with Crippen molar-refractivity contribution in [2.45, 2.75) is 25.9 Å². The van der Waals surface area contributed by atoms with Crippen LogP contribution in [0.2, 0.25) is 0 Å². The molecular weight excluding hydrogens is 128 g/mol. The first-order valence-corrected chi connectivity index (χ1v) is 2.81. The Morgan fingerprint density at radius 2 is 2.25 bits per heavy atom. The highest BCUT2D eigenvalue weighted by atomic mass is 35.5. The van der Waals surface area contributed by atoms with Gasteiger partial charge in [0.2, 0.25) is 0 Å². The number of carbonyl (C=O) groups is 1. The fourth-order valence-corrected chi connectivity index (χ4v) is 0.273. The fraction of sp³-hybridized carbons (Fsp3) is 0.800. The number of carbonyl (C=O) groups excluding carboxylic acids is 1. The summed E-state index contributed by atoms with van der Waals surface area (Å²) >= 11 is 4.98. The van der Waals surface area contributed by atoms with Crippen molar-refractivity contribution in [3.05, 3.63) is 0 Å². The molecule has 0 amide bonds. The highest BCUT2D eigenvalue weighted by molar-refractivity contribution is 6.65. The van der Waals surface area contributed by atoms with Gasteiger partial charge in [-0.05, 0) is 24.9 Å². The van der Waals surface area contributed by atoms with E-state index >= 15 is 0 Å². The highest BCUT2D eigenvalue weighted by Crippen LogP contribution is 2.11. The lowest BCUT2D eigenvalue weighted by Crippen LogP contribution is -2.29. The van der Waals surface area contributed by atoms with Crippen LogP contribution in [-0.4, -0.2) is 16.0 Å².